The van der Waals surface area contributed by atoms with Gasteiger partial charge >= 0.3 is 0 Å². The van der Waals surface area contributed by atoms with Gasteiger partial charge in [-0.3, -0.25) is 4.79 Å². The molecule has 1 saturated carbocycles. The lowest BCUT2D eigenvalue weighted by molar-refractivity contribution is -0.116. The zero-order valence-electron chi connectivity index (χ0n) is 9.87. The summed E-state index contributed by atoms with van der Waals surface area (Å²) < 4.78 is 0. The molecule has 0 aliphatic heterocycles. The first-order chi connectivity index (χ1) is 8.69. The third-order valence-corrected chi connectivity index (χ3v) is 2.96. The molecule has 1 amide bonds. The maximum absolute atomic E-state index is 11.7. The SMILES string of the molecule is O=C(CC1CC1)Nc1ccc(Cl)cc1C#CCO. The minimum absolute atomic E-state index is 0.00636. The fraction of sp³-hybridized carbons (Fsp3) is 0.357. The lowest BCUT2D eigenvalue weighted by Gasteiger charge is -2.07. The fourth-order valence-electron chi connectivity index (χ4n) is 1.65. The number of amides is 1. The molecule has 4 heteroatoms. The van der Waals surface area contributed by atoms with Crippen molar-refractivity contribution in [2.75, 3.05) is 11.9 Å². The number of rotatable bonds is 3. The van der Waals surface area contributed by atoms with Gasteiger partial charge in [-0.25, -0.2) is 0 Å². The first-order valence-electron chi connectivity index (χ1n) is 5.88. The van der Waals surface area contributed by atoms with Crippen LogP contribution in [0.25, 0.3) is 0 Å². The highest BCUT2D eigenvalue weighted by molar-refractivity contribution is 6.30. The molecule has 2 rings (SSSR count). The molecule has 1 aromatic carbocycles. The molecule has 0 saturated heterocycles. The number of hydrogen-bond acceptors (Lipinski definition) is 2. The smallest absolute Gasteiger partial charge is 0.224 e. The van der Waals surface area contributed by atoms with Crippen molar-refractivity contribution in [2.45, 2.75) is 19.3 Å². The lowest BCUT2D eigenvalue weighted by Crippen LogP contribution is -2.12. The van der Waals surface area contributed by atoms with Gasteiger partial charge in [-0.2, -0.15) is 0 Å². The highest BCUT2D eigenvalue weighted by atomic mass is 35.5. The Morgan fingerprint density at radius 2 is 2.28 bits per heavy atom. The van der Waals surface area contributed by atoms with Crippen molar-refractivity contribution in [3.63, 3.8) is 0 Å². The molecule has 1 aliphatic rings. The first-order valence-corrected chi connectivity index (χ1v) is 6.26. The molecule has 94 valence electrons. The minimum atomic E-state index is -0.220. The Bertz CT molecular complexity index is 512. The van der Waals surface area contributed by atoms with Gasteiger partial charge in [0.15, 0.2) is 0 Å². The average Bonchev–Trinajstić information content (AvgIpc) is 3.13. The highest BCUT2D eigenvalue weighted by Gasteiger charge is 2.24. The molecule has 3 nitrogen and oxygen atoms in total. The number of aliphatic hydroxyl groups excluding tert-OH is 1. The summed E-state index contributed by atoms with van der Waals surface area (Å²) in [5.41, 5.74) is 1.27. The van der Waals surface area contributed by atoms with E-state index in [1.807, 2.05) is 0 Å². The number of anilines is 1. The van der Waals surface area contributed by atoms with E-state index in [9.17, 15) is 4.79 Å². The van der Waals surface area contributed by atoms with Crippen LogP contribution in [0.4, 0.5) is 5.69 Å². The number of aliphatic hydroxyl groups is 1. The van der Waals surface area contributed by atoms with Gasteiger partial charge < -0.3 is 10.4 Å². The lowest BCUT2D eigenvalue weighted by atomic mass is 10.1. The number of carbonyl (C=O) groups excluding carboxylic acids is 1. The quantitative estimate of drug-likeness (QED) is 0.823. The number of halogens is 1. The van der Waals surface area contributed by atoms with E-state index in [4.69, 9.17) is 16.7 Å². The zero-order chi connectivity index (χ0) is 13.0. The highest BCUT2D eigenvalue weighted by Crippen LogP contribution is 2.32. The second-order valence-corrected chi connectivity index (χ2v) is 4.78. The van der Waals surface area contributed by atoms with E-state index >= 15 is 0 Å². The second-order valence-electron chi connectivity index (χ2n) is 4.35. The Hall–Kier alpha value is -1.50. The number of benzene rings is 1. The van der Waals surface area contributed by atoms with Crippen molar-refractivity contribution < 1.29 is 9.90 Å². The van der Waals surface area contributed by atoms with Crippen LogP contribution in [0.1, 0.15) is 24.8 Å². The van der Waals surface area contributed by atoms with Crippen LogP contribution in [0.15, 0.2) is 18.2 Å². The zero-order valence-corrected chi connectivity index (χ0v) is 10.6. The van der Waals surface area contributed by atoms with E-state index < -0.39 is 0 Å². The molecule has 0 heterocycles. The number of nitrogens with one attached hydrogen (secondary N) is 1. The van der Waals surface area contributed by atoms with Crippen LogP contribution in [0.3, 0.4) is 0 Å². The van der Waals surface area contributed by atoms with Gasteiger partial charge in [0, 0.05) is 17.0 Å². The predicted octanol–water partition coefficient (Wildman–Crippen LogP) is 2.42. The van der Waals surface area contributed by atoms with Crippen LogP contribution in [-0.2, 0) is 4.79 Å². The van der Waals surface area contributed by atoms with E-state index in [0.717, 1.165) is 12.8 Å². The summed E-state index contributed by atoms with van der Waals surface area (Å²) >= 11 is 5.88. The van der Waals surface area contributed by atoms with Gasteiger partial charge in [0.2, 0.25) is 5.91 Å². The van der Waals surface area contributed by atoms with Crippen molar-refractivity contribution in [3.05, 3.63) is 28.8 Å². The van der Waals surface area contributed by atoms with Crippen LogP contribution in [-0.4, -0.2) is 17.6 Å². The van der Waals surface area contributed by atoms with E-state index in [1.54, 1.807) is 18.2 Å². The molecule has 1 aliphatic carbocycles. The summed E-state index contributed by atoms with van der Waals surface area (Å²) in [4.78, 5) is 11.7. The normalized spacial score (nSPS) is 13.7. The molecule has 0 atom stereocenters. The topological polar surface area (TPSA) is 49.3 Å². The maximum atomic E-state index is 11.7. The van der Waals surface area contributed by atoms with Crippen molar-refractivity contribution in [1.29, 1.82) is 0 Å². The summed E-state index contributed by atoms with van der Waals surface area (Å²) in [6.07, 6.45) is 2.85. The molecule has 0 bridgehead atoms. The molecule has 0 unspecified atom stereocenters. The van der Waals surface area contributed by atoms with Gasteiger partial charge in [-0.05, 0) is 37.0 Å². The third kappa shape index (κ3) is 3.76. The molecule has 0 aromatic heterocycles. The second kappa shape index (κ2) is 5.90. The molecule has 0 spiro atoms. The summed E-state index contributed by atoms with van der Waals surface area (Å²) in [6, 6.07) is 5.11. The van der Waals surface area contributed by atoms with Gasteiger partial charge in [0.05, 0.1) is 5.69 Å². The van der Waals surface area contributed by atoms with Crippen molar-refractivity contribution in [2.24, 2.45) is 5.92 Å². The van der Waals surface area contributed by atoms with Gasteiger partial charge in [-0.15, -0.1) is 0 Å². The Morgan fingerprint density at radius 1 is 1.50 bits per heavy atom. The molecule has 1 aromatic rings. The molecule has 0 radical (unpaired) electrons. The summed E-state index contributed by atoms with van der Waals surface area (Å²) in [5.74, 6) is 5.89. The number of hydrogen-bond donors (Lipinski definition) is 2. The molecule has 1 fully saturated rings. The van der Waals surface area contributed by atoms with Crippen molar-refractivity contribution >= 4 is 23.2 Å². The van der Waals surface area contributed by atoms with Crippen molar-refractivity contribution in [1.82, 2.24) is 0 Å². The van der Waals surface area contributed by atoms with Crippen LogP contribution in [0, 0.1) is 17.8 Å². The Balaban J connectivity index is 2.12. The number of carbonyl (C=O) groups is 1. The standard InChI is InChI=1S/C14H14ClNO2/c15-12-5-6-13(11(9-12)2-1-7-17)16-14(18)8-10-3-4-10/h5-6,9-10,17H,3-4,7-8H2,(H,16,18). The largest absolute Gasteiger partial charge is 0.384 e. The third-order valence-electron chi connectivity index (χ3n) is 2.73. The molecular formula is C14H14ClNO2. The molecule has 18 heavy (non-hydrogen) atoms. The van der Waals surface area contributed by atoms with Crippen LogP contribution < -0.4 is 5.32 Å². The van der Waals surface area contributed by atoms with E-state index in [2.05, 4.69) is 17.2 Å². The maximum Gasteiger partial charge on any atom is 0.224 e. The summed E-state index contributed by atoms with van der Waals surface area (Å²) in [7, 11) is 0. The van der Waals surface area contributed by atoms with E-state index in [1.165, 1.54) is 0 Å². The van der Waals surface area contributed by atoms with Crippen LogP contribution >= 0.6 is 11.6 Å². The summed E-state index contributed by atoms with van der Waals surface area (Å²) in [6.45, 7) is -0.220. The predicted molar refractivity (Wildman–Crippen MR) is 71.4 cm³/mol. The molecule has 2 N–H and O–H groups in total. The Kier molecular flexibility index (Phi) is 4.24. The Morgan fingerprint density at radius 3 is 2.94 bits per heavy atom. The van der Waals surface area contributed by atoms with Crippen molar-refractivity contribution in [3.8, 4) is 11.8 Å². The first kappa shape index (κ1) is 12.9. The fourth-order valence-corrected chi connectivity index (χ4v) is 1.82. The van der Waals surface area contributed by atoms with Gasteiger partial charge in [0.25, 0.3) is 0 Å². The molecular weight excluding hydrogens is 250 g/mol. The monoisotopic (exact) mass is 263 g/mol. The van der Waals surface area contributed by atoms with Gasteiger partial charge in [0.1, 0.15) is 6.61 Å². The summed E-state index contributed by atoms with van der Waals surface area (Å²) in [5, 5.41) is 12.1. The van der Waals surface area contributed by atoms with Crippen LogP contribution in [0.5, 0.6) is 0 Å². The van der Waals surface area contributed by atoms with Gasteiger partial charge in [-0.1, -0.05) is 23.4 Å². The average molecular weight is 264 g/mol. The minimum Gasteiger partial charge on any atom is -0.384 e. The van der Waals surface area contributed by atoms with Crippen LogP contribution in [0.2, 0.25) is 5.02 Å². The van der Waals surface area contributed by atoms with E-state index in [-0.39, 0.29) is 12.5 Å². The Labute approximate surface area is 111 Å². The van der Waals surface area contributed by atoms with E-state index in [0.29, 0.717) is 28.6 Å².